The van der Waals surface area contributed by atoms with Gasteiger partial charge in [0.15, 0.2) is 0 Å². The molecule has 25 heavy (non-hydrogen) atoms. The number of carbonyl (C=O) groups is 1. The maximum atomic E-state index is 12.6. The normalized spacial score (nSPS) is 37.2. The quantitative estimate of drug-likeness (QED) is 0.698. The van der Waals surface area contributed by atoms with Crippen molar-refractivity contribution in [3.05, 3.63) is 22.4 Å². The van der Waals surface area contributed by atoms with Crippen LogP contribution in [0.25, 0.3) is 0 Å². The first-order chi connectivity index (χ1) is 12.0. The van der Waals surface area contributed by atoms with Crippen LogP contribution in [0.4, 0.5) is 0 Å². The van der Waals surface area contributed by atoms with Gasteiger partial charge in [-0.1, -0.05) is 0 Å². The molecule has 4 aliphatic carbocycles. The Labute approximate surface area is 153 Å². The molecule has 0 saturated heterocycles. The Morgan fingerprint density at radius 2 is 2.08 bits per heavy atom. The number of rotatable bonds is 7. The predicted molar refractivity (Wildman–Crippen MR) is 98.3 cm³/mol. The molecule has 1 aromatic rings. The van der Waals surface area contributed by atoms with E-state index in [1.165, 1.54) is 12.0 Å². The Kier molecular flexibility index (Phi) is 4.67. The summed E-state index contributed by atoms with van der Waals surface area (Å²) in [6.07, 6.45) is 7.50. The lowest BCUT2D eigenvalue weighted by Gasteiger charge is -2.60. The monoisotopic (exact) mass is 363 g/mol. The van der Waals surface area contributed by atoms with Crippen molar-refractivity contribution >= 4 is 17.2 Å². The largest absolute Gasteiger partial charge is 0.396 e. The number of hydrogen-bond acceptors (Lipinski definition) is 4. The first kappa shape index (κ1) is 17.5. The van der Waals surface area contributed by atoms with Gasteiger partial charge in [-0.25, -0.2) is 0 Å². The second kappa shape index (κ2) is 6.67. The maximum Gasteiger partial charge on any atom is 0.220 e. The van der Waals surface area contributed by atoms with Crippen LogP contribution in [-0.4, -0.2) is 34.9 Å². The molecule has 0 aromatic carbocycles. The third-order valence-corrected chi connectivity index (χ3v) is 7.37. The molecular weight excluding hydrogens is 334 g/mol. The number of aliphatic hydroxyl groups excluding tert-OH is 1. The molecule has 4 fully saturated rings. The molecule has 3 N–H and O–H groups in total. The smallest absolute Gasteiger partial charge is 0.220 e. The molecule has 138 valence electrons. The summed E-state index contributed by atoms with van der Waals surface area (Å²) in [7, 11) is 0. The van der Waals surface area contributed by atoms with Gasteiger partial charge in [0, 0.05) is 25.5 Å². The highest BCUT2D eigenvalue weighted by Crippen LogP contribution is 2.62. The molecule has 1 heterocycles. The van der Waals surface area contributed by atoms with Crippen molar-refractivity contribution in [1.29, 1.82) is 0 Å². The van der Waals surface area contributed by atoms with E-state index >= 15 is 0 Å². The zero-order valence-corrected chi connectivity index (χ0v) is 15.6. The fourth-order valence-corrected chi connectivity index (χ4v) is 6.89. The lowest BCUT2D eigenvalue weighted by Crippen LogP contribution is -2.56. The van der Waals surface area contributed by atoms with Crippen LogP contribution in [0.15, 0.2) is 16.8 Å². The highest BCUT2D eigenvalue weighted by atomic mass is 32.1. The van der Waals surface area contributed by atoms with Crippen molar-refractivity contribution in [2.75, 3.05) is 13.2 Å². The molecule has 4 saturated carbocycles. The fourth-order valence-electron chi connectivity index (χ4n) is 6.21. The van der Waals surface area contributed by atoms with Crippen molar-refractivity contribution < 1.29 is 15.0 Å². The zero-order chi connectivity index (χ0) is 17.5. The fraction of sp³-hybridized carbons (Fsp3) is 0.750. The van der Waals surface area contributed by atoms with Crippen LogP contribution < -0.4 is 5.32 Å². The molecule has 1 aromatic heterocycles. The average Bonchev–Trinajstić information content (AvgIpc) is 3.01. The number of carbonyl (C=O) groups excluding carboxylic acids is 1. The van der Waals surface area contributed by atoms with Crippen LogP contribution in [0.5, 0.6) is 0 Å². The third kappa shape index (κ3) is 3.79. The van der Waals surface area contributed by atoms with Crippen molar-refractivity contribution in [1.82, 2.24) is 5.32 Å². The van der Waals surface area contributed by atoms with Crippen LogP contribution in [0.2, 0.25) is 0 Å². The Morgan fingerprint density at radius 1 is 1.32 bits per heavy atom. The minimum Gasteiger partial charge on any atom is -0.396 e. The van der Waals surface area contributed by atoms with Gasteiger partial charge in [0.05, 0.1) is 5.60 Å². The van der Waals surface area contributed by atoms with Gasteiger partial charge >= 0.3 is 0 Å². The SMILES string of the molecule is O=C(CC12C[C@H]3C[C@@H](CC(O)(C3)C1)C2)NC[C@H](CO)Cc1ccsc1. The van der Waals surface area contributed by atoms with Crippen molar-refractivity contribution in [3.8, 4) is 0 Å². The predicted octanol–water partition coefficient (Wildman–Crippen LogP) is 2.74. The van der Waals surface area contributed by atoms with Gasteiger partial charge in [-0.2, -0.15) is 11.3 Å². The molecule has 4 bridgehead atoms. The topological polar surface area (TPSA) is 69.6 Å². The molecule has 0 unspecified atom stereocenters. The van der Waals surface area contributed by atoms with Gasteiger partial charge in [0.25, 0.3) is 0 Å². The van der Waals surface area contributed by atoms with Crippen LogP contribution in [0.1, 0.15) is 50.5 Å². The van der Waals surface area contributed by atoms with E-state index in [4.69, 9.17) is 0 Å². The minimum atomic E-state index is -0.503. The van der Waals surface area contributed by atoms with Crippen LogP contribution in [0.3, 0.4) is 0 Å². The van der Waals surface area contributed by atoms with E-state index in [1.54, 1.807) is 11.3 Å². The molecule has 0 spiro atoms. The van der Waals surface area contributed by atoms with Crippen molar-refractivity contribution in [2.45, 2.75) is 57.0 Å². The Bertz CT molecular complexity index is 600. The third-order valence-electron chi connectivity index (χ3n) is 6.64. The number of nitrogens with one attached hydrogen (secondary N) is 1. The Balaban J connectivity index is 1.31. The molecular formula is C20H29NO3S. The molecule has 1 amide bonds. The standard InChI is InChI=1S/C20H29NO3S/c22-11-17(3-14-1-2-25-12-14)10-21-18(23)9-19-5-15-4-16(6-19)8-20(24,7-15)13-19/h1-2,12,15-17,22,24H,3-11,13H2,(H,21,23)/t15-,16-,17-,19?,20?/m1/s1. The van der Waals surface area contributed by atoms with E-state index in [9.17, 15) is 15.0 Å². The van der Waals surface area contributed by atoms with Crippen molar-refractivity contribution in [3.63, 3.8) is 0 Å². The summed E-state index contributed by atoms with van der Waals surface area (Å²) < 4.78 is 0. The molecule has 3 atom stereocenters. The Hall–Kier alpha value is -0.910. The average molecular weight is 364 g/mol. The van der Waals surface area contributed by atoms with E-state index in [0.29, 0.717) is 24.8 Å². The van der Waals surface area contributed by atoms with E-state index < -0.39 is 5.60 Å². The summed E-state index contributed by atoms with van der Waals surface area (Å²) in [4.78, 5) is 12.6. The highest BCUT2D eigenvalue weighted by molar-refractivity contribution is 7.07. The van der Waals surface area contributed by atoms with Gasteiger partial charge in [-0.3, -0.25) is 4.79 Å². The number of amides is 1. The van der Waals surface area contributed by atoms with Crippen LogP contribution >= 0.6 is 11.3 Å². The van der Waals surface area contributed by atoms with E-state index in [-0.39, 0.29) is 23.8 Å². The van der Waals surface area contributed by atoms with E-state index in [0.717, 1.165) is 38.5 Å². The van der Waals surface area contributed by atoms with Crippen LogP contribution in [0, 0.1) is 23.2 Å². The lowest BCUT2D eigenvalue weighted by atomic mass is 9.47. The summed E-state index contributed by atoms with van der Waals surface area (Å²) in [5.41, 5.74) is 0.740. The van der Waals surface area contributed by atoms with Crippen molar-refractivity contribution in [2.24, 2.45) is 23.2 Å². The van der Waals surface area contributed by atoms with Gasteiger partial charge in [0.2, 0.25) is 5.91 Å². The zero-order valence-electron chi connectivity index (χ0n) is 14.7. The molecule has 4 nitrogen and oxygen atoms in total. The van der Waals surface area contributed by atoms with Crippen LogP contribution in [-0.2, 0) is 11.2 Å². The summed E-state index contributed by atoms with van der Waals surface area (Å²) in [5.74, 6) is 1.39. The first-order valence-electron chi connectivity index (χ1n) is 9.59. The highest BCUT2D eigenvalue weighted by Gasteiger charge is 2.57. The van der Waals surface area contributed by atoms with Gasteiger partial charge in [-0.15, -0.1) is 0 Å². The minimum absolute atomic E-state index is 0.0188. The molecule has 5 heteroatoms. The summed E-state index contributed by atoms with van der Waals surface area (Å²) in [6, 6.07) is 2.07. The van der Waals surface area contributed by atoms with Gasteiger partial charge < -0.3 is 15.5 Å². The number of aliphatic hydroxyl groups is 2. The van der Waals surface area contributed by atoms with E-state index in [1.807, 2.05) is 5.38 Å². The molecule has 0 aliphatic heterocycles. The Morgan fingerprint density at radius 3 is 2.68 bits per heavy atom. The van der Waals surface area contributed by atoms with Gasteiger partial charge in [0.1, 0.15) is 0 Å². The number of thiophene rings is 1. The summed E-state index contributed by atoms with van der Waals surface area (Å²) in [6.45, 7) is 0.615. The van der Waals surface area contributed by atoms with Gasteiger partial charge in [-0.05, 0) is 84.6 Å². The number of hydrogen-bond donors (Lipinski definition) is 3. The maximum absolute atomic E-state index is 12.6. The molecule has 4 aliphatic rings. The first-order valence-corrected chi connectivity index (χ1v) is 10.5. The lowest BCUT2D eigenvalue weighted by molar-refractivity contribution is -0.169. The second-order valence-electron chi connectivity index (χ2n) is 9.05. The molecule has 5 rings (SSSR count). The summed E-state index contributed by atoms with van der Waals surface area (Å²) >= 11 is 1.66. The summed E-state index contributed by atoms with van der Waals surface area (Å²) in [5, 5.41) is 27.6. The van der Waals surface area contributed by atoms with E-state index in [2.05, 4.69) is 16.8 Å². The second-order valence-corrected chi connectivity index (χ2v) is 9.83. The molecule has 0 radical (unpaired) electrons.